The van der Waals surface area contributed by atoms with E-state index in [0.717, 1.165) is 0 Å². The lowest BCUT2D eigenvalue weighted by molar-refractivity contribution is -0.0333. The van der Waals surface area contributed by atoms with Crippen LogP contribution in [-0.4, -0.2) is 17.1 Å². The van der Waals surface area contributed by atoms with Crippen molar-refractivity contribution in [2.75, 3.05) is 0 Å². The van der Waals surface area contributed by atoms with Crippen molar-refractivity contribution in [2.24, 2.45) is 4.40 Å². The number of alkyl halides is 3. The molecule has 1 unspecified atom stereocenters. The van der Waals surface area contributed by atoms with Gasteiger partial charge in [-0.25, -0.2) is 4.40 Å². The maximum Gasteiger partial charge on any atom is 0.456 e. The van der Waals surface area contributed by atoms with Gasteiger partial charge < -0.3 is 0 Å². The minimum atomic E-state index is -4.15. The molecular formula is C4H4F3NS. The second kappa shape index (κ2) is 2.13. The van der Waals surface area contributed by atoms with Crippen LogP contribution in [0.2, 0.25) is 0 Å². The Labute approximate surface area is 52.7 Å². The Hall–Kier alpha value is -0.320. The molecule has 1 atom stereocenters. The zero-order valence-corrected chi connectivity index (χ0v) is 5.17. The highest BCUT2D eigenvalue weighted by atomic mass is 32.2. The fraction of sp³-hybridized carbons (Fsp3) is 0.500. The van der Waals surface area contributed by atoms with Crippen LogP contribution in [0.4, 0.5) is 13.2 Å². The van der Waals surface area contributed by atoms with Crippen LogP contribution in [0.5, 0.6) is 0 Å². The van der Waals surface area contributed by atoms with E-state index in [4.69, 9.17) is 0 Å². The van der Waals surface area contributed by atoms with Gasteiger partial charge in [0.1, 0.15) is 0 Å². The van der Waals surface area contributed by atoms with Gasteiger partial charge in [0.15, 0.2) is 0 Å². The predicted molar refractivity (Wildman–Crippen MR) is 32.8 cm³/mol. The minimum absolute atomic E-state index is 0.350. The molecular weight excluding hydrogens is 151 g/mol. The van der Waals surface area contributed by atoms with Crippen molar-refractivity contribution >= 4 is 22.3 Å². The molecule has 0 saturated heterocycles. The summed E-state index contributed by atoms with van der Waals surface area (Å²) < 4.78 is 38.1. The third-order valence-electron chi connectivity index (χ3n) is 0.785. The number of nitrogens with zero attached hydrogens (tertiary/aromatic N) is 1. The minimum Gasteiger partial charge on any atom is -0.228 e. The summed E-state index contributed by atoms with van der Waals surface area (Å²) in [5.74, 6) is 0. The van der Waals surface area contributed by atoms with Gasteiger partial charge in [-0.1, -0.05) is 0 Å². The maximum absolute atomic E-state index is 11.6. The van der Waals surface area contributed by atoms with Gasteiger partial charge in [0.25, 0.3) is 0 Å². The summed E-state index contributed by atoms with van der Waals surface area (Å²) in [5, 5.41) is 1.17. The smallest absolute Gasteiger partial charge is 0.228 e. The highest BCUT2D eigenvalue weighted by molar-refractivity contribution is 8.15. The van der Waals surface area contributed by atoms with Crippen LogP contribution in [0.3, 0.4) is 0 Å². The number of hydrogen-bond acceptors (Lipinski definition) is 1. The van der Waals surface area contributed by atoms with Crippen molar-refractivity contribution in [1.82, 2.24) is 0 Å². The first-order valence-corrected chi connectivity index (χ1v) is 3.51. The second-order valence-corrected chi connectivity index (χ2v) is 3.09. The first-order valence-electron chi connectivity index (χ1n) is 2.26. The molecule has 5 heteroatoms. The molecule has 1 rings (SSSR count). The lowest BCUT2D eigenvalue weighted by Gasteiger charge is -2.02. The molecule has 0 N–H and O–H groups in total. The summed E-state index contributed by atoms with van der Waals surface area (Å²) >= 11 is 0. The highest BCUT2D eigenvalue weighted by Gasteiger charge is 2.33. The van der Waals surface area contributed by atoms with E-state index in [1.54, 1.807) is 0 Å². The van der Waals surface area contributed by atoms with Crippen molar-refractivity contribution in [1.29, 1.82) is 0 Å². The van der Waals surface area contributed by atoms with Crippen molar-refractivity contribution < 1.29 is 13.2 Å². The van der Waals surface area contributed by atoms with Gasteiger partial charge in [-0.3, -0.25) is 0 Å². The van der Waals surface area contributed by atoms with Crippen LogP contribution in [0.15, 0.2) is 4.40 Å². The molecule has 1 heterocycles. The third-order valence-corrected chi connectivity index (χ3v) is 2.14. The van der Waals surface area contributed by atoms with E-state index in [1.807, 2.05) is 0 Å². The summed E-state index contributed by atoms with van der Waals surface area (Å²) in [5.41, 5.74) is -4.15. The largest absolute Gasteiger partial charge is 0.456 e. The summed E-state index contributed by atoms with van der Waals surface area (Å²) in [4.78, 5) is 0. The molecule has 0 radical (unpaired) electrons. The average molecular weight is 155 g/mol. The number of rotatable bonds is 0. The van der Waals surface area contributed by atoms with Crippen LogP contribution in [0, 0.1) is 0 Å². The van der Waals surface area contributed by atoms with Gasteiger partial charge >= 0.3 is 5.51 Å². The molecule has 0 bridgehead atoms. The van der Waals surface area contributed by atoms with Gasteiger partial charge in [-0.05, 0) is 5.37 Å². The van der Waals surface area contributed by atoms with Crippen molar-refractivity contribution in [2.45, 2.75) is 11.9 Å². The Morgan fingerprint density at radius 3 is 2.33 bits per heavy atom. The van der Waals surface area contributed by atoms with Crippen LogP contribution in [0.1, 0.15) is 6.42 Å². The monoisotopic (exact) mass is 155 g/mol. The SMILES string of the molecule is FC(F)(F)S1=CCC=N1. The van der Waals surface area contributed by atoms with Crippen LogP contribution in [-0.2, 0) is 0 Å². The van der Waals surface area contributed by atoms with E-state index in [1.165, 1.54) is 11.6 Å². The van der Waals surface area contributed by atoms with Gasteiger partial charge in [-0.15, -0.1) is 0 Å². The summed E-state index contributed by atoms with van der Waals surface area (Å²) in [6.07, 6.45) is 1.64. The Morgan fingerprint density at radius 2 is 2.11 bits per heavy atom. The zero-order valence-electron chi connectivity index (χ0n) is 4.35. The Kier molecular flexibility index (Phi) is 1.61. The van der Waals surface area contributed by atoms with E-state index in [0.29, 0.717) is 6.42 Å². The molecule has 0 saturated carbocycles. The quantitative estimate of drug-likeness (QED) is 0.474. The molecule has 0 fully saturated rings. The van der Waals surface area contributed by atoms with Crippen molar-refractivity contribution in [3.05, 3.63) is 0 Å². The van der Waals surface area contributed by atoms with Crippen molar-refractivity contribution in [3.8, 4) is 0 Å². The molecule has 0 amide bonds. The van der Waals surface area contributed by atoms with Crippen molar-refractivity contribution in [3.63, 3.8) is 0 Å². The van der Waals surface area contributed by atoms with E-state index in [2.05, 4.69) is 4.40 Å². The van der Waals surface area contributed by atoms with Gasteiger partial charge in [0, 0.05) is 23.3 Å². The molecule has 0 aliphatic carbocycles. The zero-order chi connectivity index (χ0) is 6.91. The Balaban J connectivity index is 2.73. The fourth-order valence-electron chi connectivity index (χ4n) is 0.455. The molecule has 0 spiro atoms. The Bertz CT molecular complexity index is 169. The lowest BCUT2D eigenvalue weighted by Crippen LogP contribution is -2.00. The van der Waals surface area contributed by atoms with Gasteiger partial charge in [0.2, 0.25) is 0 Å². The van der Waals surface area contributed by atoms with Crippen LogP contribution in [0.25, 0.3) is 0 Å². The molecule has 0 aromatic heterocycles. The number of halogens is 3. The summed E-state index contributed by atoms with van der Waals surface area (Å²) in [6, 6.07) is 0. The molecule has 9 heavy (non-hydrogen) atoms. The van der Waals surface area contributed by atoms with E-state index < -0.39 is 16.2 Å². The van der Waals surface area contributed by atoms with Gasteiger partial charge in [-0.2, -0.15) is 13.2 Å². The first kappa shape index (κ1) is 6.80. The molecule has 1 nitrogen and oxygen atoms in total. The van der Waals surface area contributed by atoms with E-state index >= 15 is 0 Å². The van der Waals surface area contributed by atoms with Gasteiger partial charge in [0.05, 0.1) is 0 Å². The summed E-state index contributed by atoms with van der Waals surface area (Å²) in [6.45, 7) is 0. The molecule has 0 aromatic carbocycles. The first-order chi connectivity index (χ1) is 4.11. The normalized spacial score (nSPS) is 26.3. The van der Waals surface area contributed by atoms with Crippen LogP contribution >= 0.6 is 10.7 Å². The predicted octanol–water partition coefficient (Wildman–Crippen LogP) is 1.97. The molecule has 52 valence electrons. The topological polar surface area (TPSA) is 12.4 Å². The molecule has 1 aliphatic rings. The number of hydrogen-bond donors (Lipinski definition) is 0. The third kappa shape index (κ3) is 1.54. The molecule has 1 aliphatic heterocycles. The maximum atomic E-state index is 11.6. The second-order valence-electron chi connectivity index (χ2n) is 1.45. The standard InChI is InChI=1S/C4H4F3NS/c5-4(6,7)9-3-1-2-8-9/h2-3H,1H2. The summed E-state index contributed by atoms with van der Waals surface area (Å²) in [7, 11) is -1.80. The molecule has 0 aromatic rings. The lowest BCUT2D eigenvalue weighted by atomic mass is 10.6. The van der Waals surface area contributed by atoms with E-state index in [-0.39, 0.29) is 0 Å². The highest BCUT2D eigenvalue weighted by Crippen LogP contribution is 2.39. The van der Waals surface area contributed by atoms with E-state index in [9.17, 15) is 13.2 Å². The average Bonchev–Trinajstić information content (AvgIpc) is 2.08. The Morgan fingerprint density at radius 1 is 1.44 bits per heavy atom. The van der Waals surface area contributed by atoms with Crippen LogP contribution < -0.4 is 0 Å². The fourth-order valence-corrected chi connectivity index (χ4v) is 1.36.